The zero-order valence-corrected chi connectivity index (χ0v) is 14.8. The molecule has 0 aliphatic rings. The van der Waals surface area contributed by atoms with Gasteiger partial charge in [0.2, 0.25) is 0 Å². The van der Waals surface area contributed by atoms with E-state index in [0.717, 1.165) is 13.1 Å². The maximum absolute atomic E-state index is 2.53. The van der Waals surface area contributed by atoms with Crippen LogP contribution in [0.1, 0.15) is 56.6 Å². The molecule has 0 amide bonds. The molecule has 0 bridgehead atoms. The van der Waals surface area contributed by atoms with Crippen LogP contribution in [-0.2, 0) is 6.54 Å². The van der Waals surface area contributed by atoms with Crippen LogP contribution in [0.25, 0.3) is 0 Å². The zero-order chi connectivity index (χ0) is 16.3. The largest absolute Gasteiger partial charge is 0.367 e. The van der Waals surface area contributed by atoms with Crippen molar-refractivity contribution in [3.8, 4) is 0 Å². The minimum atomic E-state index is 0.999. The summed E-state index contributed by atoms with van der Waals surface area (Å²) >= 11 is 0. The molecule has 0 unspecified atom stereocenters. The van der Waals surface area contributed by atoms with Gasteiger partial charge in [0.25, 0.3) is 0 Å². The molecular weight excluding hydrogens is 278 g/mol. The summed E-state index contributed by atoms with van der Waals surface area (Å²) < 4.78 is 0. The highest BCUT2D eigenvalue weighted by molar-refractivity contribution is 5.48. The molecule has 0 spiro atoms. The first-order valence-corrected chi connectivity index (χ1v) is 9.15. The minimum Gasteiger partial charge on any atom is -0.367 e. The number of aryl methyl sites for hydroxylation is 1. The highest BCUT2D eigenvalue weighted by atomic mass is 15.1. The molecule has 1 heteroatoms. The third-order valence-corrected chi connectivity index (χ3v) is 4.36. The Kier molecular flexibility index (Phi) is 7.72. The fourth-order valence-electron chi connectivity index (χ4n) is 3.01. The van der Waals surface area contributed by atoms with Crippen molar-refractivity contribution in [3.63, 3.8) is 0 Å². The molecule has 0 saturated carbocycles. The van der Waals surface area contributed by atoms with Crippen molar-refractivity contribution >= 4 is 5.69 Å². The van der Waals surface area contributed by atoms with Crippen LogP contribution >= 0.6 is 0 Å². The van der Waals surface area contributed by atoms with E-state index >= 15 is 0 Å². The molecule has 2 aromatic rings. The molecule has 0 N–H and O–H groups in total. The summed E-state index contributed by atoms with van der Waals surface area (Å²) in [5, 5.41) is 0. The maximum atomic E-state index is 2.53. The van der Waals surface area contributed by atoms with E-state index in [4.69, 9.17) is 0 Å². The van der Waals surface area contributed by atoms with Gasteiger partial charge in [-0.2, -0.15) is 0 Å². The molecule has 2 aromatic carbocycles. The average molecular weight is 309 g/mol. The van der Waals surface area contributed by atoms with Crippen molar-refractivity contribution in [2.45, 2.75) is 58.9 Å². The van der Waals surface area contributed by atoms with Gasteiger partial charge in [-0.15, -0.1) is 0 Å². The second kappa shape index (κ2) is 10.1. The summed E-state index contributed by atoms with van der Waals surface area (Å²) in [4.78, 5) is 2.53. The summed E-state index contributed by atoms with van der Waals surface area (Å²) in [7, 11) is 0. The Balaban J connectivity index is 1.94. The highest BCUT2D eigenvalue weighted by Crippen LogP contribution is 2.20. The maximum Gasteiger partial charge on any atom is 0.0429 e. The zero-order valence-electron chi connectivity index (χ0n) is 14.8. The standard InChI is InChI=1S/C22H31N/c1-3-4-5-6-7-11-17-23(19-21-14-9-8-10-15-21)22-16-12-13-20(2)18-22/h8-10,12-16,18H,3-7,11,17,19H2,1-2H3. The second-order valence-corrected chi connectivity index (χ2v) is 6.51. The monoisotopic (exact) mass is 309 g/mol. The number of hydrogen-bond donors (Lipinski definition) is 0. The number of hydrogen-bond acceptors (Lipinski definition) is 1. The third-order valence-electron chi connectivity index (χ3n) is 4.36. The summed E-state index contributed by atoms with van der Waals surface area (Å²) in [6, 6.07) is 19.7. The van der Waals surface area contributed by atoms with Gasteiger partial charge in [-0.3, -0.25) is 0 Å². The predicted octanol–water partition coefficient (Wildman–Crippen LogP) is 6.36. The van der Waals surface area contributed by atoms with Crippen LogP contribution in [0.5, 0.6) is 0 Å². The van der Waals surface area contributed by atoms with Crippen LogP contribution in [0.15, 0.2) is 54.6 Å². The van der Waals surface area contributed by atoms with E-state index in [1.807, 2.05) is 0 Å². The fraction of sp³-hybridized carbons (Fsp3) is 0.455. The minimum absolute atomic E-state index is 0.999. The van der Waals surface area contributed by atoms with Crippen molar-refractivity contribution in [2.75, 3.05) is 11.4 Å². The van der Waals surface area contributed by atoms with Gasteiger partial charge in [-0.1, -0.05) is 81.5 Å². The van der Waals surface area contributed by atoms with Gasteiger partial charge < -0.3 is 4.90 Å². The summed E-state index contributed by atoms with van der Waals surface area (Å²) in [6.45, 7) is 6.60. The Hall–Kier alpha value is -1.76. The number of anilines is 1. The van der Waals surface area contributed by atoms with E-state index in [1.54, 1.807) is 0 Å². The molecule has 2 rings (SSSR count). The second-order valence-electron chi connectivity index (χ2n) is 6.51. The first-order chi connectivity index (χ1) is 11.3. The summed E-state index contributed by atoms with van der Waals surface area (Å²) in [5.74, 6) is 0. The first kappa shape index (κ1) is 17.6. The lowest BCUT2D eigenvalue weighted by Crippen LogP contribution is -2.24. The Morgan fingerprint density at radius 3 is 2.26 bits per heavy atom. The highest BCUT2D eigenvalue weighted by Gasteiger charge is 2.07. The third kappa shape index (κ3) is 6.48. The van der Waals surface area contributed by atoms with Crippen LogP contribution in [0.4, 0.5) is 5.69 Å². The van der Waals surface area contributed by atoms with Gasteiger partial charge in [0.05, 0.1) is 0 Å². The Bertz CT molecular complexity index is 547. The molecule has 0 radical (unpaired) electrons. The lowest BCUT2D eigenvalue weighted by molar-refractivity contribution is 0.597. The lowest BCUT2D eigenvalue weighted by atomic mass is 10.1. The van der Waals surface area contributed by atoms with Crippen molar-refractivity contribution in [1.29, 1.82) is 0 Å². The van der Waals surface area contributed by atoms with E-state index in [-0.39, 0.29) is 0 Å². The van der Waals surface area contributed by atoms with E-state index < -0.39 is 0 Å². The van der Waals surface area contributed by atoms with Crippen molar-refractivity contribution in [3.05, 3.63) is 65.7 Å². The molecule has 1 nitrogen and oxygen atoms in total. The van der Waals surface area contributed by atoms with Crippen molar-refractivity contribution in [1.82, 2.24) is 0 Å². The topological polar surface area (TPSA) is 3.24 Å². The van der Waals surface area contributed by atoms with Gasteiger partial charge in [0, 0.05) is 18.8 Å². The Labute approximate surface area is 142 Å². The summed E-state index contributed by atoms with van der Waals surface area (Å²) in [5.41, 5.74) is 4.07. The van der Waals surface area contributed by atoms with Gasteiger partial charge in [-0.25, -0.2) is 0 Å². The number of nitrogens with zero attached hydrogens (tertiary/aromatic N) is 1. The Morgan fingerprint density at radius 1 is 0.783 bits per heavy atom. The molecule has 0 aromatic heterocycles. The predicted molar refractivity (Wildman–Crippen MR) is 102 cm³/mol. The molecule has 0 atom stereocenters. The SMILES string of the molecule is CCCCCCCCN(Cc1ccccc1)c1cccc(C)c1. The van der Waals surface area contributed by atoms with E-state index in [9.17, 15) is 0 Å². The molecular formula is C22H31N. The molecule has 124 valence electrons. The van der Waals surface area contributed by atoms with Crippen LogP contribution in [0.2, 0.25) is 0 Å². The van der Waals surface area contributed by atoms with E-state index in [2.05, 4.69) is 73.3 Å². The Morgan fingerprint density at radius 2 is 1.52 bits per heavy atom. The normalized spacial score (nSPS) is 10.7. The lowest BCUT2D eigenvalue weighted by Gasteiger charge is -2.25. The molecule has 0 fully saturated rings. The van der Waals surface area contributed by atoms with E-state index in [1.165, 1.54) is 55.3 Å². The van der Waals surface area contributed by atoms with Crippen LogP contribution in [-0.4, -0.2) is 6.54 Å². The van der Waals surface area contributed by atoms with Crippen molar-refractivity contribution < 1.29 is 0 Å². The molecule has 0 aliphatic heterocycles. The molecule has 23 heavy (non-hydrogen) atoms. The number of unbranched alkanes of at least 4 members (excludes halogenated alkanes) is 5. The van der Waals surface area contributed by atoms with Gasteiger partial charge >= 0.3 is 0 Å². The number of benzene rings is 2. The fourth-order valence-corrected chi connectivity index (χ4v) is 3.01. The van der Waals surface area contributed by atoms with Crippen LogP contribution in [0.3, 0.4) is 0 Å². The number of rotatable bonds is 10. The molecule has 0 aliphatic carbocycles. The molecule has 0 heterocycles. The molecule has 0 saturated heterocycles. The van der Waals surface area contributed by atoms with Crippen molar-refractivity contribution in [2.24, 2.45) is 0 Å². The smallest absolute Gasteiger partial charge is 0.0429 e. The van der Waals surface area contributed by atoms with Gasteiger partial charge in [0.1, 0.15) is 0 Å². The quantitative estimate of drug-likeness (QED) is 0.461. The van der Waals surface area contributed by atoms with Gasteiger partial charge in [0.15, 0.2) is 0 Å². The average Bonchev–Trinajstić information content (AvgIpc) is 2.58. The van der Waals surface area contributed by atoms with Crippen LogP contribution in [0, 0.1) is 6.92 Å². The van der Waals surface area contributed by atoms with E-state index in [0.29, 0.717) is 0 Å². The van der Waals surface area contributed by atoms with Gasteiger partial charge in [-0.05, 0) is 36.6 Å². The summed E-state index contributed by atoms with van der Waals surface area (Å²) in [6.07, 6.45) is 8.09. The van der Waals surface area contributed by atoms with Crippen LogP contribution < -0.4 is 4.90 Å². The first-order valence-electron chi connectivity index (χ1n) is 9.15.